The molecule has 2 aromatic carbocycles. The van der Waals surface area contributed by atoms with E-state index in [2.05, 4.69) is 25.1 Å². The minimum Gasteiger partial charge on any atom is -0.493 e. The molecule has 0 N–H and O–H groups in total. The molecular formula is C19H23Cl2NO2. The third-order valence-corrected chi connectivity index (χ3v) is 4.44. The maximum atomic E-state index is 6.20. The molecule has 130 valence electrons. The summed E-state index contributed by atoms with van der Waals surface area (Å²) in [7, 11) is 5.79. The predicted octanol–water partition coefficient (Wildman–Crippen LogP) is 5.08. The van der Waals surface area contributed by atoms with Crippen molar-refractivity contribution in [2.45, 2.75) is 19.4 Å². The second kappa shape index (κ2) is 9.16. The van der Waals surface area contributed by atoms with E-state index in [1.807, 2.05) is 18.2 Å². The first-order valence-electron chi connectivity index (χ1n) is 7.88. The summed E-state index contributed by atoms with van der Waals surface area (Å²) in [4.78, 5) is 2.18. The van der Waals surface area contributed by atoms with Gasteiger partial charge in [0.05, 0.1) is 7.11 Å². The van der Waals surface area contributed by atoms with Crippen LogP contribution in [0, 0.1) is 0 Å². The largest absolute Gasteiger partial charge is 0.493 e. The lowest BCUT2D eigenvalue weighted by molar-refractivity contribution is 0.284. The van der Waals surface area contributed by atoms with Gasteiger partial charge in [0.1, 0.15) is 6.61 Å². The van der Waals surface area contributed by atoms with Gasteiger partial charge in [0.25, 0.3) is 0 Å². The molecule has 0 saturated heterocycles. The van der Waals surface area contributed by atoms with E-state index in [0.29, 0.717) is 28.2 Å². The van der Waals surface area contributed by atoms with Gasteiger partial charge in [-0.15, -0.1) is 0 Å². The van der Waals surface area contributed by atoms with E-state index >= 15 is 0 Å². The molecule has 3 nitrogen and oxygen atoms in total. The Balaban J connectivity index is 2.10. The number of ether oxygens (including phenoxy) is 2. The molecule has 0 bridgehead atoms. The normalized spacial score (nSPS) is 10.9. The number of halogens is 2. The second-order valence-corrected chi connectivity index (χ2v) is 6.70. The number of aryl methyl sites for hydroxylation is 1. The summed E-state index contributed by atoms with van der Waals surface area (Å²) in [5.41, 5.74) is 2.00. The summed E-state index contributed by atoms with van der Waals surface area (Å²) in [6, 6.07) is 11.5. The van der Waals surface area contributed by atoms with Crippen LogP contribution in [0.25, 0.3) is 0 Å². The summed E-state index contributed by atoms with van der Waals surface area (Å²) < 4.78 is 11.3. The van der Waals surface area contributed by atoms with Crippen LogP contribution in [0.5, 0.6) is 11.5 Å². The van der Waals surface area contributed by atoms with Gasteiger partial charge < -0.3 is 14.4 Å². The van der Waals surface area contributed by atoms with E-state index in [9.17, 15) is 0 Å². The Hall–Kier alpha value is -1.42. The summed E-state index contributed by atoms with van der Waals surface area (Å²) in [6.07, 6.45) is 2.08. The van der Waals surface area contributed by atoms with Crippen molar-refractivity contribution in [1.29, 1.82) is 0 Å². The lowest BCUT2D eigenvalue weighted by Gasteiger charge is -2.14. The van der Waals surface area contributed by atoms with E-state index < -0.39 is 0 Å². The van der Waals surface area contributed by atoms with E-state index in [-0.39, 0.29) is 0 Å². The van der Waals surface area contributed by atoms with Crippen molar-refractivity contribution in [2.75, 3.05) is 27.7 Å². The Bertz CT molecular complexity index is 654. The first-order valence-corrected chi connectivity index (χ1v) is 8.64. The molecular weight excluding hydrogens is 345 g/mol. The molecule has 2 rings (SSSR count). The van der Waals surface area contributed by atoms with E-state index in [1.165, 1.54) is 5.56 Å². The van der Waals surface area contributed by atoms with Gasteiger partial charge in [-0.05, 0) is 63.3 Å². The summed E-state index contributed by atoms with van der Waals surface area (Å²) in [6.45, 7) is 1.35. The Morgan fingerprint density at radius 2 is 1.71 bits per heavy atom. The Kier molecular flexibility index (Phi) is 7.22. The number of hydrogen-bond acceptors (Lipinski definition) is 3. The van der Waals surface area contributed by atoms with Gasteiger partial charge >= 0.3 is 0 Å². The van der Waals surface area contributed by atoms with Gasteiger partial charge in [-0.3, -0.25) is 0 Å². The molecule has 0 fully saturated rings. The van der Waals surface area contributed by atoms with Crippen molar-refractivity contribution in [3.05, 3.63) is 57.6 Å². The average Bonchev–Trinajstić information content (AvgIpc) is 2.54. The number of benzene rings is 2. The minimum atomic E-state index is 0.302. The molecule has 0 aliphatic heterocycles. The molecule has 0 unspecified atom stereocenters. The lowest BCUT2D eigenvalue weighted by atomic mass is 10.1. The molecule has 0 amide bonds. The van der Waals surface area contributed by atoms with Crippen LogP contribution in [-0.2, 0) is 13.0 Å². The third kappa shape index (κ3) is 5.30. The van der Waals surface area contributed by atoms with Gasteiger partial charge in [-0.2, -0.15) is 0 Å². The van der Waals surface area contributed by atoms with Crippen LogP contribution in [0.4, 0.5) is 0 Å². The van der Waals surface area contributed by atoms with Gasteiger partial charge in [0.15, 0.2) is 11.5 Å². The number of nitrogens with zero attached hydrogens (tertiary/aromatic N) is 1. The van der Waals surface area contributed by atoms with Crippen LogP contribution in [0.1, 0.15) is 17.5 Å². The third-order valence-electron chi connectivity index (χ3n) is 3.73. The molecule has 0 saturated carbocycles. The van der Waals surface area contributed by atoms with Gasteiger partial charge in [-0.1, -0.05) is 35.3 Å². The molecule has 0 spiro atoms. The van der Waals surface area contributed by atoms with Crippen molar-refractivity contribution in [2.24, 2.45) is 0 Å². The quantitative estimate of drug-likeness (QED) is 0.649. The maximum absolute atomic E-state index is 6.20. The highest BCUT2D eigenvalue weighted by Crippen LogP contribution is 2.31. The molecule has 0 radical (unpaired) electrons. The Labute approximate surface area is 154 Å². The van der Waals surface area contributed by atoms with Crippen LogP contribution < -0.4 is 9.47 Å². The average molecular weight is 368 g/mol. The minimum absolute atomic E-state index is 0.302. The molecule has 0 aliphatic carbocycles. The highest BCUT2D eigenvalue weighted by molar-refractivity contribution is 6.35. The molecule has 0 heterocycles. The van der Waals surface area contributed by atoms with E-state index in [4.69, 9.17) is 32.7 Å². The Morgan fingerprint density at radius 1 is 1.00 bits per heavy atom. The highest BCUT2D eigenvalue weighted by atomic mass is 35.5. The Morgan fingerprint density at radius 3 is 2.33 bits per heavy atom. The van der Waals surface area contributed by atoms with Crippen LogP contribution in [0.2, 0.25) is 10.0 Å². The van der Waals surface area contributed by atoms with Crippen molar-refractivity contribution in [1.82, 2.24) is 4.90 Å². The summed E-state index contributed by atoms with van der Waals surface area (Å²) in [5, 5.41) is 1.20. The fraction of sp³-hybridized carbons (Fsp3) is 0.368. The van der Waals surface area contributed by atoms with E-state index in [1.54, 1.807) is 19.2 Å². The number of rotatable bonds is 8. The molecule has 2 aromatic rings. The van der Waals surface area contributed by atoms with Crippen LogP contribution >= 0.6 is 23.2 Å². The predicted molar refractivity (Wildman–Crippen MR) is 101 cm³/mol. The van der Waals surface area contributed by atoms with E-state index in [0.717, 1.165) is 24.9 Å². The molecule has 5 heteroatoms. The standard InChI is InChI=1S/C19H23Cl2NO2/c1-22(2)11-5-6-14-9-10-18(23-3)19(12-14)24-13-15-16(20)7-4-8-17(15)21/h4,7-10,12H,5-6,11,13H2,1-3H3. The zero-order valence-electron chi connectivity index (χ0n) is 14.3. The summed E-state index contributed by atoms with van der Waals surface area (Å²) >= 11 is 12.4. The number of methoxy groups -OCH3 is 1. The topological polar surface area (TPSA) is 21.7 Å². The van der Waals surface area contributed by atoms with Crippen LogP contribution in [0.3, 0.4) is 0 Å². The molecule has 0 atom stereocenters. The maximum Gasteiger partial charge on any atom is 0.161 e. The fourth-order valence-electron chi connectivity index (χ4n) is 2.41. The van der Waals surface area contributed by atoms with Crippen LogP contribution in [-0.4, -0.2) is 32.6 Å². The smallest absolute Gasteiger partial charge is 0.161 e. The monoisotopic (exact) mass is 367 g/mol. The van der Waals surface area contributed by atoms with Crippen LogP contribution in [0.15, 0.2) is 36.4 Å². The van der Waals surface area contributed by atoms with Crippen molar-refractivity contribution < 1.29 is 9.47 Å². The van der Waals surface area contributed by atoms with Crippen molar-refractivity contribution >= 4 is 23.2 Å². The second-order valence-electron chi connectivity index (χ2n) is 5.88. The van der Waals surface area contributed by atoms with Gasteiger partial charge in [0.2, 0.25) is 0 Å². The first kappa shape index (κ1) is 18.9. The lowest BCUT2D eigenvalue weighted by Crippen LogP contribution is -2.13. The van der Waals surface area contributed by atoms with Gasteiger partial charge in [0, 0.05) is 15.6 Å². The molecule has 0 aromatic heterocycles. The molecule has 0 aliphatic rings. The zero-order chi connectivity index (χ0) is 17.5. The highest BCUT2D eigenvalue weighted by Gasteiger charge is 2.10. The summed E-state index contributed by atoms with van der Waals surface area (Å²) in [5.74, 6) is 1.41. The first-order chi connectivity index (χ1) is 11.5. The number of hydrogen-bond donors (Lipinski definition) is 0. The SMILES string of the molecule is COc1ccc(CCCN(C)C)cc1OCc1c(Cl)cccc1Cl. The fourth-order valence-corrected chi connectivity index (χ4v) is 2.92. The zero-order valence-corrected chi connectivity index (χ0v) is 15.8. The van der Waals surface area contributed by atoms with Crippen molar-refractivity contribution in [3.8, 4) is 11.5 Å². The molecule has 24 heavy (non-hydrogen) atoms. The van der Waals surface area contributed by atoms with Crippen molar-refractivity contribution in [3.63, 3.8) is 0 Å². The van der Waals surface area contributed by atoms with Gasteiger partial charge in [-0.25, -0.2) is 0 Å².